The van der Waals surface area contributed by atoms with Gasteiger partial charge in [0.25, 0.3) is 0 Å². The van der Waals surface area contributed by atoms with Gasteiger partial charge in [-0.1, -0.05) is 0 Å². The van der Waals surface area contributed by atoms with Gasteiger partial charge in [-0.25, -0.2) is 0 Å². The Morgan fingerprint density at radius 1 is 1.41 bits per heavy atom. The molecule has 0 spiro atoms. The SMILES string of the molecule is CNC1CCC(OCCc2cnn(C)c2)CC1. The number of nitrogens with zero attached hydrogens (tertiary/aromatic N) is 2. The molecule has 1 saturated carbocycles. The van der Waals surface area contributed by atoms with Crippen LogP contribution in [0.1, 0.15) is 31.2 Å². The lowest BCUT2D eigenvalue weighted by atomic mass is 9.93. The summed E-state index contributed by atoms with van der Waals surface area (Å²) in [5, 5.41) is 7.50. The molecule has 0 aromatic carbocycles. The fourth-order valence-corrected chi connectivity index (χ4v) is 2.46. The first kappa shape index (κ1) is 12.6. The lowest BCUT2D eigenvalue weighted by Crippen LogP contribution is -2.33. The molecule has 1 N–H and O–H groups in total. The van der Waals surface area contributed by atoms with Crippen LogP contribution in [0.4, 0.5) is 0 Å². The molecule has 4 nitrogen and oxygen atoms in total. The van der Waals surface area contributed by atoms with Crippen LogP contribution in [-0.4, -0.2) is 35.6 Å². The fourth-order valence-electron chi connectivity index (χ4n) is 2.46. The molecule has 2 rings (SSSR count). The molecule has 0 aliphatic heterocycles. The molecule has 96 valence electrons. The van der Waals surface area contributed by atoms with Crippen LogP contribution in [0.2, 0.25) is 0 Å². The topological polar surface area (TPSA) is 39.1 Å². The largest absolute Gasteiger partial charge is 0.378 e. The maximum absolute atomic E-state index is 5.92. The van der Waals surface area contributed by atoms with Gasteiger partial charge in [-0.05, 0) is 44.7 Å². The van der Waals surface area contributed by atoms with E-state index in [-0.39, 0.29) is 0 Å². The van der Waals surface area contributed by atoms with Crippen LogP contribution in [-0.2, 0) is 18.2 Å². The minimum atomic E-state index is 0.469. The third-order valence-electron chi connectivity index (χ3n) is 3.59. The zero-order valence-electron chi connectivity index (χ0n) is 10.9. The number of rotatable bonds is 5. The highest BCUT2D eigenvalue weighted by Crippen LogP contribution is 2.21. The lowest BCUT2D eigenvalue weighted by Gasteiger charge is -2.28. The van der Waals surface area contributed by atoms with E-state index in [0.29, 0.717) is 12.1 Å². The van der Waals surface area contributed by atoms with Crippen LogP contribution in [0.3, 0.4) is 0 Å². The van der Waals surface area contributed by atoms with Crippen LogP contribution >= 0.6 is 0 Å². The lowest BCUT2D eigenvalue weighted by molar-refractivity contribution is 0.0248. The molecule has 1 fully saturated rings. The van der Waals surface area contributed by atoms with Gasteiger partial charge < -0.3 is 10.1 Å². The quantitative estimate of drug-likeness (QED) is 0.843. The van der Waals surface area contributed by atoms with E-state index in [1.54, 1.807) is 0 Å². The Morgan fingerprint density at radius 3 is 2.76 bits per heavy atom. The van der Waals surface area contributed by atoms with Crippen LogP contribution in [0, 0.1) is 0 Å². The fraction of sp³-hybridized carbons (Fsp3) is 0.769. The monoisotopic (exact) mass is 237 g/mol. The zero-order chi connectivity index (χ0) is 12.1. The first-order chi connectivity index (χ1) is 8.28. The van der Waals surface area contributed by atoms with Crippen molar-refractivity contribution in [2.24, 2.45) is 7.05 Å². The van der Waals surface area contributed by atoms with Crippen molar-refractivity contribution in [2.45, 2.75) is 44.2 Å². The van der Waals surface area contributed by atoms with Gasteiger partial charge in [-0.15, -0.1) is 0 Å². The summed E-state index contributed by atoms with van der Waals surface area (Å²) in [6.45, 7) is 0.820. The molecule has 1 aromatic heterocycles. The van der Waals surface area contributed by atoms with E-state index >= 15 is 0 Å². The summed E-state index contributed by atoms with van der Waals surface area (Å²) in [4.78, 5) is 0. The number of nitrogens with one attached hydrogen (secondary N) is 1. The molecule has 1 aliphatic rings. The van der Waals surface area contributed by atoms with Gasteiger partial charge in [0.2, 0.25) is 0 Å². The van der Waals surface area contributed by atoms with Crippen molar-refractivity contribution in [3.8, 4) is 0 Å². The highest BCUT2D eigenvalue weighted by molar-refractivity contribution is 5.03. The number of aryl methyl sites for hydroxylation is 1. The summed E-state index contributed by atoms with van der Waals surface area (Å²) in [7, 11) is 4.00. The third kappa shape index (κ3) is 3.82. The number of aromatic nitrogens is 2. The van der Waals surface area contributed by atoms with Crippen LogP contribution in [0.25, 0.3) is 0 Å². The molecule has 0 radical (unpaired) electrons. The van der Waals surface area contributed by atoms with Gasteiger partial charge in [-0.3, -0.25) is 4.68 Å². The Labute approximate surface area is 103 Å². The first-order valence-corrected chi connectivity index (χ1v) is 6.54. The Bertz CT molecular complexity index is 329. The Balaban J connectivity index is 1.63. The summed E-state index contributed by atoms with van der Waals surface area (Å²) >= 11 is 0. The molecule has 0 unspecified atom stereocenters. The van der Waals surface area contributed by atoms with Gasteiger partial charge in [0.1, 0.15) is 0 Å². The molecule has 1 aliphatic carbocycles. The van der Waals surface area contributed by atoms with Crippen molar-refractivity contribution < 1.29 is 4.74 Å². The van der Waals surface area contributed by atoms with Crippen molar-refractivity contribution in [3.05, 3.63) is 18.0 Å². The molecule has 0 bridgehead atoms. The predicted octanol–water partition coefficient (Wildman–Crippen LogP) is 1.51. The van der Waals surface area contributed by atoms with E-state index in [0.717, 1.165) is 13.0 Å². The van der Waals surface area contributed by atoms with Crippen molar-refractivity contribution in [2.75, 3.05) is 13.7 Å². The third-order valence-corrected chi connectivity index (χ3v) is 3.59. The Kier molecular flexibility index (Phi) is 4.57. The summed E-state index contributed by atoms with van der Waals surface area (Å²) in [5.41, 5.74) is 1.26. The zero-order valence-corrected chi connectivity index (χ0v) is 10.9. The standard InChI is InChI=1S/C13H23N3O/c1-14-12-3-5-13(6-4-12)17-8-7-11-9-15-16(2)10-11/h9-10,12-14H,3-8H2,1-2H3. The molecule has 1 heterocycles. The number of hydrogen-bond donors (Lipinski definition) is 1. The van der Waals surface area contributed by atoms with Crippen LogP contribution in [0.5, 0.6) is 0 Å². The highest BCUT2D eigenvalue weighted by atomic mass is 16.5. The average molecular weight is 237 g/mol. The minimum Gasteiger partial charge on any atom is -0.378 e. The van der Waals surface area contributed by atoms with Gasteiger partial charge in [0.05, 0.1) is 18.9 Å². The number of hydrogen-bond acceptors (Lipinski definition) is 3. The molecular formula is C13H23N3O. The van der Waals surface area contributed by atoms with E-state index < -0.39 is 0 Å². The average Bonchev–Trinajstić information content (AvgIpc) is 2.76. The Hall–Kier alpha value is -0.870. The van der Waals surface area contributed by atoms with Crippen molar-refractivity contribution in [3.63, 3.8) is 0 Å². The normalized spacial score (nSPS) is 25.1. The number of ether oxygens (including phenoxy) is 1. The van der Waals surface area contributed by atoms with Gasteiger partial charge in [-0.2, -0.15) is 5.10 Å². The minimum absolute atomic E-state index is 0.469. The summed E-state index contributed by atoms with van der Waals surface area (Å²) in [5.74, 6) is 0. The second-order valence-corrected chi connectivity index (χ2v) is 4.91. The molecule has 0 saturated heterocycles. The van der Waals surface area contributed by atoms with Crippen molar-refractivity contribution in [1.29, 1.82) is 0 Å². The van der Waals surface area contributed by atoms with Gasteiger partial charge in [0.15, 0.2) is 0 Å². The van der Waals surface area contributed by atoms with Crippen molar-refractivity contribution >= 4 is 0 Å². The second-order valence-electron chi connectivity index (χ2n) is 4.91. The van der Waals surface area contributed by atoms with Crippen LogP contribution < -0.4 is 5.32 Å². The van der Waals surface area contributed by atoms with E-state index in [9.17, 15) is 0 Å². The van der Waals surface area contributed by atoms with E-state index in [1.807, 2.05) is 25.0 Å². The summed E-state index contributed by atoms with van der Waals surface area (Å²) < 4.78 is 7.76. The predicted molar refractivity (Wildman–Crippen MR) is 68.0 cm³/mol. The summed E-state index contributed by atoms with van der Waals surface area (Å²) in [6, 6.07) is 0.702. The molecule has 1 aromatic rings. The molecule has 0 amide bonds. The van der Waals surface area contributed by atoms with Gasteiger partial charge >= 0.3 is 0 Å². The smallest absolute Gasteiger partial charge is 0.0576 e. The molecule has 0 atom stereocenters. The maximum Gasteiger partial charge on any atom is 0.0576 e. The molecule has 17 heavy (non-hydrogen) atoms. The first-order valence-electron chi connectivity index (χ1n) is 6.54. The van der Waals surface area contributed by atoms with E-state index in [4.69, 9.17) is 4.74 Å². The van der Waals surface area contributed by atoms with Crippen LogP contribution in [0.15, 0.2) is 12.4 Å². The maximum atomic E-state index is 5.92. The second kappa shape index (κ2) is 6.17. The van der Waals surface area contributed by atoms with E-state index in [1.165, 1.54) is 31.2 Å². The van der Waals surface area contributed by atoms with Gasteiger partial charge in [0, 0.05) is 19.3 Å². The van der Waals surface area contributed by atoms with E-state index in [2.05, 4.69) is 16.6 Å². The highest BCUT2D eigenvalue weighted by Gasteiger charge is 2.19. The Morgan fingerprint density at radius 2 is 2.18 bits per heavy atom. The summed E-state index contributed by atoms with van der Waals surface area (Å²) in [6.07, 6.45) is 10.3. The van der Waals surface area contributed by atoms with Crippen molar-refractivity contribution in [1.82, 2.24) is 15.1 Å². The molecular weight excluding hydrogens is 214 g/mol. The molecule has 4 heteroatoms.